The third-order valence-corrected chi connectivity index (χ3v) is 6.70. The lowest BCUT2D eigenvalue weighted by molar-refractivity contribution is -0.137. The van der Waals surface area contributed by atoms with Gasteiger partial charge in [-0.15, -0.1) is 11.3 Å². The zero-order chi connectivity index (χ0) is 25.9. The number of aromatic nitrogens is 1. The van der Waals surface area contributed by atoms with E-state index in [2.05, 4.69) is 0 Å². The second-order valence-electron chi connectivity index (χ2n) is 8.47. The normalized spacial score (nSPS) is 11.4. The van der Waals surface area contributed by atoms with Crippen LogP contribution in [0.4, 0.5) is 24.0 Å². The van der Waals surface area contributed by atoms with Gasteiger partial charge in [-0.2, -0.15) is 13.2 Å². The van der Waals surface area contributed by atoms with Crippen LogP contribution < -0.4 is 9.80 Å². The monoisotopic (exact) mass is 511 g/mol. The maximum Gasteiger partial charge on any atom is 0.416 e. The van der Waals surface area contributed by atoms with E-state index in [1.165, 1.54) is 23.5 Å². The van der Waals surface area contributed by atoms with Crippen molar-refractivity contribution in [3.05, 3.63) is 100 Å². The van der Waals surface area contributed by atoms with E-state index in [0.29, 0.717) is 13.1 Å². The van der Waals surface area contributed by atoms with Crippen LogP contribution in [0.15, 0.2) is 78.2 Å². The van der Waals surface area contributed by atoms with Crippen LogP contribution in [-0.4, -0.2) is 30.2 Å². The molecule has 0 radical (unpaired) electrons. The summed E-state index contributed by atoms with van der Waals surface area (Å²) in [6.45, 7) is 1.08. The zero-order valence-corrected chi connectivity index (χ0v) is 20.5. The van der Waals surface area contributed by atoms with Crippen LogP contribution >= 0.6 is 11.3 Å². The van der Waals surface area contributed by atoms with Crippen molar-refractivity contribution in [2.75, 3.05) is 23.9 Å². The van der Waals surface area contributed by atoms with E-state index in [0.717, 1.165) is 45.3 Å². The molecule has 36 heavy (non-hydrogen) atoms. The Morgan fingerprint density at radius 1 is 0.861 bits per heavy atom. The summed E-state index contributed by atoms with van der Waals surface area (Å²) in [6.07, 6.45) is -4.34. The average Bonchev–Trinajstić information content (AvgIpc) is 3.35. The Morgan fingerprint density at radius 3 is 1.97 bits per heavy atom. The van der Waals surface area contributed by atoms with E-state index in [9.17, 15) is 18.0 Å². The summed E-state index contributed by atoms with van der Waals surface area (Å²) in [7, 11) is 3.83. The number of hydrogen-bond acceptors (Lipinski definition) is 5. The zero-order valence-electron chi connectivity index (χ0n) is 19.7. The molecule has 0 atom stereocenters. The van der Waals surface area contributed by atoms with Gasteiger partial charge in [0, 0.05) is 43.8 Å². The molecule has 4 aromatic rings. The van der Waals surface area contributed by atoms with E-state index in [-0.39, 0.29) is 5.56 Å². The van der Waals surface area contributed by atoms with Gasteiger partial charge in [-0.05, 0) is 47.5 Å². The molecular formula is C27H24F3N3O2S. The van der Waals surface area contributed by atoms with Gasteiger partial charge in [-0.3, -0.25) is 0 Å². The molecule has 9 heteroatoms. The van der Waals surface area contributed by atoms with Crippen LogP contribution in [0.1, 0.15) is 27.0 Å². The molecule has 1 heterocycles. The average molecular weight is 512 g/mol. The number of carbonyl (C=O) groups is 1. The molecule has 0 aliphatic carbocycles. The van der Waals surface area contributed by atoms with Crippen LogP contribution in [-0.2, 0) is 19.3 Å². The number of aromatic carboxylic acids is 1. The SMILES string of the molecule is CN(Cc1ccc(C(F)(F)F)cc1)c1ccc(-c2csc(N(C)Cc3ccc(C(=O)O)cc3)n2)cc1. The van der Waals surface area contributed by atoms with Gasteiger partial charge >= 0.3 is 12.1 Å². The van der Waals surface area contributed by atoms with Crippen LogP contribution in [0, 0.1) is 0 Å². The fourth-order valence-electron chi connectivity index (χ4n) is 3.72. The van der Waals surface area contributed by atoms with Crippen molar-refractivity contribution in [3.8, 4) is 11.3 Å². The van der Waals surface area contributed by atoms with Gasteiger partial charge in [-0.1, -0.05) is 36.4 Å². The van der Waals surface area contributed by atoms with Crippen molar-refractivity contribution in [2.24, 2.45) is 0 Å². The summed E-state index contributed by atoms with van der Waals surface area (Å²) in [5.74, 6) is -0.948. The van der Waals surface area contributed by atoms with Gasteiger partial charge in [-0.25, -0.2) is 9.78 Å². The highest BCUT2D eigenvalue weighted by Crippen LogP contribution is 2.31. The third kappa shape index (κ3) is 6.04. The summed E-state index contributed by atoms with van der Waals surface area (Å²) in [5.41, 5.74) is 4.13. The van der Waals surface area contributed by atoms with Crippen molar-refractivity contribution in [1.29, 1.82) is 0 Å². The highest BCUT2D eigenvalue weighted by molar-refractivity contribution is 7.14. The maximum atomic E-state index is 12.8. The lowest BCUT2D eigenvalue weighted by Gasteiger charge is -2.20. The fourth-order valence-corrected chi connectivity index (χ4v) is 4.52. The molecule has 0 bridgehead atoms. The molecule has 0 aliphatic heterocycles. The lowest BCUT2D eigenvalue weighted by Crippen LogP contribution is -2.16. The van der Waals surface area contributed by atoms with Gasteiger partial charge in [0.05, 0.1) is 16.8 Å². The smallest absolute Gasteiger partial charge is 0.416 e. The molecule has 0 unspecified atom stereocenters. The molecule has 1 aromatic heterocycles. The lowest BCUT2D eigenvalue weighted by atomic mass is 10.1. The van der Waals surface area contributed by atoms with Gasteiger partial charge in [0.25, 0.3) is 0 Å². The van der Waals surface area contributed by atoms with Gasteiger partial charge < -0.3 is 14.9 Å². The first kappa shape index (κ1) is 25.2. The molecule has 4 rings (SSSR count). The van der Waals surface area contributed by atoms with Crippen molar-refractivity contribution < 1.29 is 23.1 Å². The molecule has 0 saturated heterocycles. The van der Waals surface area contributed by atoms with Crippen molar-refractivity contribution >= 4 is 28.1 Å². The number of thiazole rings is 1. The Bertz CT molecular complexity index is 1320. The van der Waals surface area contributed by atoms with Crippen molar-refractivity contribution in [1.82, 2.24) is 4.98 Å². The highest BCUT2D eigenvalue weighted by atomic mass is 32.1. The summed E-state index contributed by atoms with van der Waals surface area (Å²) in [4.78, 5) is 19.7. The molecule has 5 nitrogen and oxygen atoms in total. The van der Waals surface area contributed by atoms with Gasteiger partial charge in [0.2, 0.25) is 0 Å². The standard InChI is InChI=1S/C27H24F3N3O2S/c1-32(15-19-5-11-22(12-6-19)27(28,29)30)23-13-9-20(10-14-23)24-17-36-26(31-24)33(2)16-18-3-7-21(8-4-18)25(34)35/h3-14,17H,15-16H2,1-2H3,(H,34,35). The minimum Gasteiger partial charge on any atom is -0.478 e. The maximum absolute atomic E-state index is 12.8. The minimum absolute atomic E-state index is 0.256. The quantitative estimate of drug-likeness (QED) is 0.282. The van der Waals surface area contributed by atoms with Crippen LogP contribution in [0.3, 0.4) is 0 Å². The first-order chi connectivity index (χ1) is 17.1. The molecule has 0 aliphatic rings. The molecule has 1 N–H and O–H groups in total. The largest absolute Gasteiger partial charge is 0.478 e. The molecule has 0 spiro atoms. The Labute approximate surface area is 211 Å². The Hall–Kier alpha value is -3.85. The molecule has 186 valence electrons. The van der Waals surface area contributed by atoms with Crippen molar-refractivity contribution in [3.63, 3.8) is 0 Å². The Morgan fingerprint density at radius 2 is 1.42 bits per heavy atom. The van der Waals surface area contributed by atoms with Crippen molar-refractivity contribution in [2.45, 2.75) is 19.3 Å². The number of alkyl halides is 3. The Balaban J connectivity index is 1.38. The number of halogens is 3. The van der Waals surface area contributed by atoms with E-state index in [1.807, 2.05) is 53.5 Å². The second kappa shape index (κ2) is 10.4. The summed E-state index contributed by atoms with van der Waals surface area (Å²) in [6, 6.07) is 19.9. The fraction of sp³-hybridized carbons (Fsp3) is 0.185. The number of nitrogens with zero attached hydrogens (tertiary/aromatic N) is 3. The summed E-state index contributed by atoms with van der Waals surface area (Å²) >= 11 is 1.53. The van der Waals surface area contributed by atoms with E-state index in [1.54, 1.807) is 24.3 Å². The minimum atomic E-state index is -4.34. The number of hydrogen-bond donors (Lipinski definition) is 1. The molecule has 0 fully saturated rings. The topological polar surface area (TPSA) is 56.7 Å². The molecule has 3 aromatic carbocycles. The van der Waals surface area contributed by atoms with Crippen LogP contribution in [0.5, 0.6) is 0 Å². The number of rotatable bonds is 8. The number of carboxylic acids is 1. The Kier molecular flexibility index (Phi) is 7.30. The predicted octanol–water partition coefficient (Wildman–Crippen LogP) is 6.80. The third-order valence-electron chi connectivity index (χ3n) is 5.74. The first-order valence-corrected chi connectivity index (χ1v) is 11.9. The summed E-state index contributed by atoms with van der Waals surface area (Å²) < 4.78 is 38.3. The molecule has 0 amide bonds. The van der Waals surface area contributed by atoms with E-state index >= 15 is 0 Å². The predicted molar refractivity (Wildman–Crippen MR) is 137 cm³/mol. The molecule has 0 saturated carbocycles. The van der Waals surface area contributed by atoms with Gasteiger partial charge in [0.15, 0.2) is 5.13 Å². The first-order valence-electron chi connectivity index (χ1n) is 11.1. The van der Waals surface area contributed by atoms with Gasteiger partial charge in [0.1, 0.15) is 0 Å². The van der Waals surface area contributed by atoms with Crippen LogP contribution in [0.2, 0.25) is 0 Å². The summed E-state index contributed by atoms with van der Waals surface area (Å²) in [5, 5.41) is 11.9. The van der Waals surface area contributed by atoms with E-state index < -0.39 is 17.7 Å². The highest BCUT2D eigenvalue weighted by Gasteiger charge is 2.29. The van der Waals surface area contributed by atoms with E-state index in [4.69, 9.17) is 10.1 Å². The van der Waals surface area contributed by atoms with Crippen LogP contribution in [0.25, 0.3) is 11.3 Å². The number of benzene rings is 3. The number of carboxylic acid groups (broad SMARTS) is 1. The number of anilines is 2. The second-order valence-corrected chi connectivity index (χ2v) is 9.31. The molecular weight excluding hydrogens is 487 g/mol.